The molecule has 19 heavy (non-hydrogen) atoms. The molecule has 1 aromatic heterocycles. The largest absolute Gasteiger partial charge is 0.439 e. The van der Waals surface area contributed by atoms with Crippen LogP contribution >= 0.6 is 0 Å². The number of hydrogen-bond donors (Lipinski definition) is 1. The van der Waals surface area contributed by atoms with Crippen molar-refractivity contribution in [3.05, 3.63) is 42.0 Å². The molecule has 2 rings (SSSR count). The molecule has 0 bridgehead atoms. The first-order chi connectivity index (χ1) is 9.08. The highest BCUT2D eigenvalue weighted by molar-refractivity contribution is 5.39. The summed E-state index contributed by atoms with van der Waals surface area (Å²) in [5.74, 6) is 2.00. The zero-order valence-corrected chi connectivity index (χ0v) is 11.1. The van der Waals surface area contributed by atoms with Gasteiger partial charge in [0.15, 0.2) is 0 Å². The second kappa shape index (κ2) is 5.65. The van der Waals surface area contributed by atoms with Gasteiger partial charge in [-0.2, -0.15) is 4.98 Å². The fraction of sp³-hybridized carbons (Fsp3) is 0.286. The van der Waals surface area contributed by atoms with Crippen molar-refractivity contribution in [2.24, 2.45) is 0 Å². The fourth-order valence-corrected chi connectivity index (χ4v) is 1.53. The van der Waals surface area contributed by atoms with Gasteiger partial charge in [-0.1, -0.05) is 19.9 Å². The Bertz CT molecular complexity index is 572. The van der Waals surface area contributed by atoms with Crippen LogP contribution in [0.2, 0.25) is 0 Å². The molecular weight excluding hydrogens is 245 g/mol. The number of ether oxygens (including phenoxy) is 1. The Balaban J connectivity index is 2.31. The van der Waals surface area contributed by atoms with Crippen LogP contribution in [0.25, 0.3) is 0 Å². The highest BCUT2D eigenvalue weighted by atomic mass is 19.1. The van der Waals surface area contributed by atoms with Crippen LogP contribution in [0.5, 0.6) is 11.6 Å². The molecule has 0 amide bonds. The van der Waals surface area contributed by atoms with E-state index < -0.39 is 0 Å². The van der Waals surface area contributed by atoms with Gasteiger partial charge in [-0.25, -0.2) is 9.37 Å². The first-order valence-corrected chi connectivity index (χ1v) is 6.08. The molecule has 0 atom stereocenters. The van der Waals surface area contributed by atoms with Gasteiger partial charge < -0.3 is 10.1 Å². The van der Waals surface area contributed by atoms with E-state index in [1.54, 1.807) is 25.2 Å². The van der Waals surface area contributed by atoms with Gasteiger partial charge in [-0.05, 0) is 12.1 Å². The number of aromatic nitrogens is 2. The molecule has 4 nitrogen and oxygen atoms in total. The lowest BCUT2D eigenvalue weighted by Crippen LogP contribution is -2.03. The monoisotopic (exact) mass is 261 g/mol. The van der Waals surface area contributed by atoms with E-state index in [1.165, 1.54) is 12.1 Å². The van der Waals surface area contributed by atoms with Crippen molar-refractivity contribution in [1.29, 1.82) is 0 Å². The van der Waals surface area contributed by atoms with Crippen LogP contribution in [0.3, 0.4) is 0 Å². The maximum atomic E-state index is 13.1. The second-order valence-corrected chi connectivity index (χ2v) is 4.41. The topological polar surface area (TPSA) is 47.0 Å². The molecule has 100 valence electrons. The molecule has 0 saturated carbocycles. The van der Waals surface area contributed by atoms with Crippen LogP contribution in [-0.4, -0.2) is 17.0 Å². The normalized spacial score (nSPS) is 10.6. The summed E-state index contributed by atoms with van der Waals surface area (Å²) in [6.07, 6.45) is 0. The molecule has 0 fully saturated rings. The van der Waals surface area contributed by atoms with E-state index in [0.717, 1.165) is 0 Å². The SMILES string of the molecule is CNc1cc(Oc2cccc(F)c2)nc(C(C)C)n1. The minimum Gasteiger partial charge on any atom is -0.439 e. The lowest BCUT2D eigenvalue weighted by molar-refractivity contribution is 0.453. The minimum absolute atomic E-state index is 0.183. The first-order valence-electron chi connectivity index (χ1n) is 6.08. The van der Waals surface area contributed by atoms with Gasteiger partial charge in [-0.15, -0.1) is 0 Å². The van der Waals surface area contributed by atoms with E-state index in [-0.39, 0.29) is 11.7 Å². The van der Waals surface area contributed by atoms with E-state index in [0.29, 0.717) is 23.3 Å². The van der Waals surface area contributed by atoms with Crippen LogP contribution in [0.15, 0.2) is 30.3 Å². The smallest absolute Gasteiger partial charge is 0.224 e. The molecule has 5 heteroatoms. The molecule has 2 aromatic rings. The minimum atomic E-state index is -0.343. The number of nitrogens with one attached hydrogen (secondary N) is 1. The molecule has 0 spiro atoms. The van der Waals surface area contributed by atoms with Crippen molar-refractivity contribution in [3.8, 4) is 11.6 Å². The van der Waals surface area contributed by atoms with E-state index in [4.69, 9.17) is 4.74 Å². The summed E-state index contributed by atoms with van der Waals surface area (Å²) < 4.78 is 18.7. The number of anilines is 1. The van der Waals surface area contributed by atoms with Crippen molar-refractivity contribution < 1.29 is 9.13 Å². The van der Waals surface area contributed by atoms with E-state index in [1.807, 2.05) is 13.8 Å². The Morgan fingerprint density at radius 2 is 2.00 bits per heavy atom. The van der Waals surface area contributed by atoms with Gasteiger partial charge in [0, 0.05) is 25.1 Å². The Hall–Kier alpha value is -2.17. The Labute approximate surface area is 111 Å². The van der Waals surface area contributed by atoms with Crippen molar-refractivity contribution >= 4 is 5.82 Å². The Morgan fingerprint density at radius 1 is 1.21 bits per heavy atom. The molecule has 0 aliphatic rings. The number of benzene rings is 1. The standard InChI is InChI=1S/C14H16FN3O/c1-9(2)14-17-12(16-3)8-13(18-14)19-11-6-4-5-10(15)7-11/h4-9H,1-3H3,(H,16,17,18). The van der Waals surface area contributed by atoms with Crippen molar-refractivity contribution in [2.75, 3.05) is 12.4 Å². The van der Waals surface area contributed by atoms with Crippen molar-refractivity contribution in [3.63, 3.8) is 0 Å². The van der Waals surface area contributed by atoms with E-state index >= 15 is 0 Å². The van der Waals surface area contributed by atoms with Crippen molar-refractivity contribution in [2.45, 2.75) is 19.8 Å². The Morgan fingerprint density at radius 3 is 2.63 bits per heavy atom. The third-order valence-corrected chi connectivity index (χ3v) is 2.51. The summed E-state index contributed by atoms with van der Waals surface area (Å²) in [4.78, 5) is 8.64. The Kier molecular flexibility index (Phi) is 3.94. The van der Waals surface area contributed by atoms with Crippen LogP contribution in [0, 0.1) is 5.82 Å². The zero-order valence-electron chi connectivity index (χ0n) is 11.1. The summed E-state index contributed by atoms with van der Waals surface area (Å²) in [6.45, 7) is 4.00. The molecule has 0 aliphatic carbocycles. The maximum absolute atomic E-state index is 13.1. The number of rotatable bonds is 4. The van der Waals surface area contributed by atoms with Gasteiger partial charge in [-0.3, -0.25) is 0 Å². The van der Waals surface area contributed by atoms with Gasteiger partial charge in [0.2, 0.25) is 5.88 Å². The molecular formula is C14H16FN3O. The third-order valence-electron chi connectivity index (χ3n) is 2.51. The summed E-state index contributed by atoms with van der Waals surface area (Å²) in [6, 6.07) is 7.63. The van der Waals surface area contributed by atoms with E-state index in [9.17, 15) is 4.39 Å². The van der Waals surface area contributed by atoms with Gasteiger partial charge >= 0.3 is 0 Å². The quantitative estimate of drug-likeness (QED) is 0.914. The van der Waals surface area contributed by atoms with Crippen LogP contribution < -0.4 is 10.1 Å². The predicted molar refractivity (Wildman–Crippen MR) is 72.1 cm³/mol. The highest BCUT2D eigenvalue weighted by Crippen LogP contribution is 2.24. The first kappa shape index (κ1) is 13.3. The molecule has 0 radical (unpaired) electrons. The summed E-state index contributed by atoms with van der Waals surface area (Å²) in [7, 11) is 1.78. The van der Waals surface area contributed by atoms with E-state index in [2.05, 4.69) is 15.3 Å². The van der Waals surface area contributed by atoms with Gasteiger partial charge in [0.25, 0.3) is 0 Å². The summed E-state index contributed by atoms with van der Waals surface area (Å²) in [5.41, 5.74) is 0. The molecule has 0 aliphatic heterocycles. The molecule has 0 saturated heterocycles. The molecule has 1 heterocycles. The van der Waals surface area contributed by atoms with Crippen LogP contribution in [-0.2, 0) is 0 Å². The maximum Gasteiger partial charge on any atom is 0.224 e. The molecule has 0 unspecified atom stereocenters. The zero-order chi connectivity index (χ0) is 13.8. The van der Waals surface area contributed by atoms with Crippen LogP contribution in [0.1, 0.15) is 25.6 Å². The molecule has 1 N–H and O–H groups in total. The average Bonchev–Trinajstić information content (AvgIpc) is 2.38. The average molecular weight is 261 g/mol. The van der Waals surface area contributed by atoms with Crippen LogP contribution in [0.4, 0.5) is 10.2 Å². The number of nitrogens with zero attached hydrogens (tertiary/aromatic N) is 2. The van der Waals surface area contributed by atoms with Crippen molar-refractivity contribution in [1.82, 2.24) is 9.97 Å². The van der Waals surface area contributed by atoms with Gasteiger partial charge in [0.05, 0.1) is 0 Å². The third kappa shape index (κ3) is 3.40. The number of halogens is 1. The highest BCUT2D eigenvalue weighted by Gasteiger charge is 2.09. The lowest BCUT2D eigenvalue weighted by atomic mass is 10.2. The number of hydrogen-bond acceptors (Lipinski definition) is 4. The fourth-order valence-electron chi connectivity index (χ4n) is 1.53. The summed E-state index contributed by atoms with van der Waals surface area (Å²) in [5, 5.41) is 2.95. The lowest BCUT2D eigenvalue weighted by Gasteiger charge is -2.10. The molecule has 1 aromatic carbocycles. The predicted octanol–water partition coefficient (Wildman–Crippen LogP) is 3.57. The second-order valence-electron chi connectivity index (χ2n) is 4.41. The summed E-state index contributed by atoms with van der Waals surface area (Å²) >= 11 is 0. The van der Waals surface area contributed by atoms with Gasteiger partial charge in [0.1, 0.15) is 23.2 Å².